The van der Waals surface area contributed by atoms with Crippen LogP contribution >= 0.6 is 0 Å². The van der Waals surface area contributed by atoms with E-state index >= 15 is 0 Å². The lowest BCUT2D eigenvalue weighted by Gasteiger charge is -2.15. The summed E-state index contributed by atoms with van der Waals surface area (Å²) >= 11 is 0. The van der Waals surface area contributed by atoms with Crippen molar-refractivity contribution in [3.8, 4) is 5.69 Å². The van der Waals surface area contributed by atoms with Crippen molar-refractivity contribution < 1.29 is 27.5 Å². The zero-order valence-electron chi connectivity index (χ0n) is 19.4. The van der Waals surface area contributed by atoms with Gasteiger partial charge in [-0.25, -0.2) is 9.07 Å². The van der Waals surface area contributed by atoms with Gasteiger partial charge in [-0.2, -0.15) is 18.3 Å². The molecule has 0 fully saturated rings. The van der Waals surface area contributed by atoms with Gasteiger partial charge in [-0.15, -0.1) is 0 Å². The van der Waals surface area contributed by atoms with Crippen LogP contribution in [0.2, 0.25) is 0 Å². The fourth-order valence-electron chi connectivity index (χ4n) is 3.39. The van der Waals surface area contributed by atoms with E-state index in [9.17, 15) is 22.4 Å². The molecular weight excluding hydrogens is 450 g/mol. The molecule has 1 amide bonds. The summed E-state index contributed by atoms with van der Waals surface area (Å²) in [6.07, 6.45) is -4.50. The summed E-state index contributed by atoms with van der Waals surface area (Å²) in [4.78, 5) is 12.8. The summed E-state index contributed by atoms with van der Waals surface area (Å²) in [5.74, 6) is -1.67. The maximum absolute atomic E-state index is 14.0. The second kappa shape index (κ2) is 9.58. The van der Waals surface area contributed by atoms with E-state index in [1.54, 1.807) is 19.1 Å². The monoisotopic (exact) mass is 477 g/mol. The first-order chi connectivity index (χ1) is 15.8. The van der Waals surface area contributed by atoms with Gasteiger partial charge < -0.3 is 10.4 Å². The Morgan fingerprint density at radius 1 is 1.12 bits per heavy atom. The maximum Gasteiger partial charge on any atom is 0.416 e. The third-order valence-electron chi connectivity index (χ3n) is 5.55. The van der Waals surface area contributed by atoms with Crippen LogP contribution in [0.1, 0.15) is 61.7 Å². The normalized spacial score (nSPS) is 13.1. The molecule has 34 heavy (non-hydrogen) atoms. The number of carbonyl (C=O) groups is 1. The van der Waals surface area contributed by atoms with E-state index < -0.39 is 30.1 Å². The molecule has 3 aromatic rings. The van der Waals surface area contributed by atoms with E-state index in [1.165, 1.54) is 28.9 Å². The van der Waals surface area contributed by atoms with Gasteiger partial charge in [0.15, 0.2) is 0 Å². The van der Waals surface area contributed by atoms with Crippen molar-refractivity contribution in [1.29, 1.82) is 0 Å². The van der Waals surface area contributed by atoms with E-state index in [2.05, 4.69) is 10.4 Å². The number of halogens is 4. The van der Waals surface area contributed by atoms with Crippen LogP contribution in [-0.4, -0.2) is 20.8 Å². The minimum absolute atomic E-state index is 0.0136. The first-order valence-electron chi connectivity index (χ1n) is 10.7. The standard InChI is InChI=1S/C25H27F4N3O2/c1-15(16-8-9-17(14-33)21(26)10-16)23(34)30-13-20-12-22(24(2,3)4)31-32(20)19-7-5-6-18(11-19)25(27,28)29/h5-12,15,33H,13-14H2,1-4H3,(H,30,34). The second-order valence-electron chi connectivity index (χ2n) is 9.18. The Balaban J connectivity index is 1.87. The predicted octanol–water partition coefficient (Wildman–Crippen LogP) is 5.24. The highest BCUT2D eigenvalue weighted by Crippen LogP contribution is 2.31. The van der Waals surface area contributed by atoms with Crippen molar-refractivity contribution in [2.75, 3.05) is 0 Å². The summed E-state index contributed by atoms with van der Waals surface area (Å²) in [7, 11) is 0. The Morgan fingerprint density at radius 2 is 1.82 bits per heavy atom. The van der Waals surface area contributed by atoms with Crippen molar-refractivity contribution in [2.24, 2.45) is 0 Å². The minimum Gasteiger partial charge on any atom is -0.392 e. The van der Waals surface area contributed by atoms with Gasteiger partial charge in [0, 0.05) is 11.0 Å². The van der Waals surface area contributed by atoms with Crippen LogP contribution in [0, 0.1) is 5.82 Å². The second-order valence-corrected chi connectivity index (χ2v) is 9.18. The molecule has 182 valence electrons. The average molecular weight is 478 g/mol. The van der Waals surface area contributed by atoms with Crippen LogP contribution in [0.5, 0.6) is 0 Å². The lowest BCUT2D eigenvalue weighted by atomic mass is 9.92. The molecule has 2 N–H and O–H groups in total. The quantitative estimate of drug-likeness (QED) is 0.477. The molecule has 0 spiro atoms. The van der Waals surface area contributed by atoms with Crippen molar-refractivity contribution in [3.63, 3.8) is 0 Å². The van der Waals surface area contributed by atoms with Gasteiger partial charge in [0.05, 0.1) is 41.7 Å². The number of rotatable bonds is 6. The number of nitrogens with zero attached hydrogens (tertiary/aromatic N) is 2. The fourth-order valence-corrected chi connectivity index (χ4v) is 3.39. The number of amides is 1. The van der Waals surface area contributed by atoms with Gasteiger partial charge in [-0.1, -0.05) is 39.0 Å². The molecule has 0 bridgehead atoms. The number of carbonyl (C=O) groups excluding carboxylic acids is 1. The van der Waals surface area contributed by atoms with Gasteiger partial charge in [0.2, 0.25) is 5.91 Å². The third-order valence-corrected chi connectivity index (χ3v) is 5.55. The number of nitrogens with one attached hydrogen (secondary N) is 1. The number of aliphatic hydroxyl groups excluding tert-OH is 1. The molecule has 1 aromatic heterocycles. The van der Waals surface area contributed by atoms with Crippen molar-refractivity contribution in [1.82, 2.24) is 15.1 Å². The van der Waals surface area contributed by atoms with Crippen molar-refractivity contribution in [2.45, 2.75) is 58.4 Å². The zero-order chi connectivity index (χ0) is 25.3. The average Bonchev–Trinajstić information content (AvgIpc) is 3.21. The Kier molecular flexibility index (Phi) is 7.16. The highest BCUT2D eigenvalue weighted by molar-refractivity contribution is 5.83. The summed E-state index contributed by atoms with van der Waals surface area (Å²) in [6, 6.07) is 10.8. The number of aromatic nitrogens is 2. The van der Waals surface area contributed by atoms with Crippen molar-refractivity contribution in [3.05, 3.63) is 82.4 Å². The van der Waals surface area contributed by atoms with E-state index in [1.807, 2.05) is 20.8 Å². The van der Waals surface area contributed by atoms with Crippen LogP contribution in [0.15, 0.2) is 48.5 Å². The Labute approximate surface area is 195 Å². The largest absolute Gasteiger partial charge is 0.416 e. The maximum atomic E-state index is 14.0. The fraction of sp³-hybridized carbons (Fsp3) is 0.360. The Hall–Kier alpha value is -3.20. The van der Waals surface area contributed by atoms with Gasteiger partial charge in [-0.3, -0.25) is 4.79 Å². The van der Waals surface area contributed by atoms with Crippen molar-refractivity contribution >= 4 is 5.91 Å². The van der Waals surface area contributed by atoms with Gasteiger partial charge in [-0.05, 0) is 42.8 Å². The van der Waals surface area contributed by atoms with Gasteiger partial charge >= 0.3 is 6.18 Å². The highest BCUT2D eigenvalue weighted by Gasteiger charge is 2.31. The number of aliphatic hydroxyl groups is 1. The molecule has 5 nitrogen and oxygen atoms in total. The van der Waals surface area contributed by atoms with E-state index in [0.717, 1.165) is 12.1 Å². The third kappa shape index (κ3) is 5.64. The molecule has 1 heterocycles. The van der Waals surface area contributed by atoms with Crippen LogP contribution < -0.4 is 5.32 Å². The topological polar surface area (TPSA) is 67.2 Å². The number of hydrogen-bond acceptors (Lipinski definition) is 3. The molecule has 0 radical (unpaired) electrons. The Bertz CT molecular complexity index is 1180. The van der Waals surface area contributed by atoms with Crippen LogP contribution in [0.4, 0.5) is 17.6 Å². The predicted molar refractivity (Wildman–Crippen MR) is 120 cm³/mol. The Morgan fingerprint density at radius 3 is 2.41 bits per heavy atom. The first-order valence-corrected chi connectivity index (χ1v) is 10.7. The van der Waals surface area contributed by atoms with Crippen LogP contribution in [-0.2, 0) is 29.5 Å². The summed E-state index contributed by atoms with van der Waals surface area (Å²) in [5.41, 5.74) is 0.796. The molecule has 1 unspecified atom stereocenters. The van der Waals surface area contributed by atoms with Gasteiger partial charge in [0.25, 0.3) is 0 Å². The van der Waals surface area contributed by atoms with E-state index in [-0.39, 0.29) is 29.1 Å². The number of alkyl halides is 3. The summed E-state index contributed by atoms with van der Waals surface area (Å²) in [6.45, 7) is 6.98. The molecule has 0 aliphatic carbocycles. The number of hydrogen-bond donors (Lipinski definition) is 2. The lowest BCUT2D eigenvalue weighted by molar-refractivity contribution is -0.137. The molecule has 0 aliphatic rings. The minimum atomic E-state index is -4.50. The lowest BCUT2D eigenvalue weighted by Crippen LogP contribution is -2.28. The first kappa shape index (κ1) is 25.4. The summed E-state index contributed by atoms with van der Waals surface area (Å²) in [5, 5.41) is 16.4. The van der Waals surface area contributed by atoms with E-state index in [0.29, 0.717) is 17.0 Å². The smallest absolute Gasteiger partial charge is 0.392 e. The number of benzene rings is 2. The molecule has 0 saturated carbocycles. The molecule has 3 rings (SSSR count). The molecule has 0 saturated heterocycles. The SMILES string of the molecule is CC(C(=O)NCc1cc(C(C)(C)C)nn1-c1cccc(C(F)(F)F)c1)c1ccc(CO)c(F)c1. The molecule has 0 aliphatic heterocycles. The highest BCUT2D eigenvalue weighted by atomic mass is 19.4. The molecule has 2 aromatic carbocycles. The molecule has 9 heteroatoms. The van der Waals surface area contributed by atoms with Gasteiger partial charge in [0.1, 0.15) is 5.82 Å². The zero-order valence-corrected chi connectivity index (χ0v) is 19.4. The summed E-state index contributed by atoms with van der Waals surface area (Å²) < 4.78 is 55.1. The van der Waals surface area contributed by atoms with Crippen LogP contribution in [0.3, 0.4) is 0 Å². The van der Waals surface area contributed by atoms with E-state index in [4.69, 9.17) is 5.11 Å². The molecular formula is C25H27F4N3O2. The molecule has 1 atom stereocenters. The van der Waals surface area contributed by atoms with Crippen LogP contribution in [0.25, 0.3) is 5.69 Å².